The Balaban J connectivity index is 2.50. The van der Waals surface area contributed by atoms with Crippen LogP contribution in [-0.4, -0.2) is 37.9 Å². The molecule has 1 aromatic heterocycles. The van der Waals surface area contributed by atoms with E-state index in [1.807, 2.05) is 0 Å². The van der Waals surface area contributed by atoms with Gasteiger partial charge in [-0.05, 0) is 23.6 Å². The Morgan fingerprint density at radius 3 is 2.67 bits per heavy atom. The fraction of sp³-hybridized carbons (Fsp3) is 0.357. The quantitative estimate of drug-likeness (QED) is 0.922. The van der Waals surface area contributed by atoms with Crippen molar-refractivity contribution in [3.8, 4) is 5.75 Å². The van der Waals surface area contributed by atoms with Gasteiger partial charge in [0.15, 0.2) is 0 Å². The third kappa shape index (κ3) is 3.75. The van der Waals surface area contributed by atoms with Crippen molar-refractivity contribution in [3.05, 3.63) is 30.5 Å². The lowest BCUT2D eigenvalue weighted by atomic mass is 10.1. The van der Waals surface area contributed by atoms with Gasteiger partial charge in [-0.15, -0.1) is 0 Å². The predicted octanol–water partition coefficient (Wildman–Crippen LogP) is 2.57. The van der Waals surface area contributed by atoms with Crippen LogP contribution in [0, 0.1) is 0 Å². The summed E-state index contributed by atoms with van der Waals surface area (Å²) in [6.45, 7) is -0.908. The molecule has 4 nitrogen and oxygen atoms in total. The maximum absolute atomic E-state index is 12.7. The van der Waals surface area contributed by atoms with E-state index in [0.717, 1.165) is 10.3 Å². The van der Waals surface area contributed by atoms with Gasteiger partial charge in [-0.25, -0.2) is 4.98 Å². The molecular formula is C14H16F3N3O. The van der Waals surface area contributed by atoms with Crippen LogP contribution in [0.5, 0.6) is 5.75 Å². The second-order valence-corrected chi connectivity index (χ2v) is 4.55. The highest BCUT2D eigenvalue weighted by atomic mass is 19.4. The summed E-state index contributed by atoms with van der Waals surface area (Å²) in [5, 5.41) is 1.40. The molecule has 2 N–H and O–H groups in total. The van der Waals surface area contributed by atoms with Crippen LogP contribution in [0.15, 0.2) is 30.5 Å². The Hall–Kier alpha value is -2.02. The summed E-state index contributed by atoms with van der Waals surface area (Å²) in [4.78, 5) is 5.24. The van der Waals surface area contributed by atoms with Gasteiger partial charge in [-0.3, -0.25) is 0 Å². The summed E-state index contributed by atoms with van der Waals surface area (Å²) in [5.41, 5.74) is 5.42. The van der Waals surface area contributed by atoms with Gasteiger partial charge in [0.2, 0.25) is 0 Å². The van der Waals surface area contributed by atoms with Crippen molar-refractivity contribution in [2.45, 2.75) is 6.18 Å². The number of hydrogen-bond acceptors (Lipinski definition) is 4. The molecule has 0 radical (unpaired) electrons. The molecule has 0 fully saturated rings. The van der Waals surface area contributed by atoms with E-state index < -0.39 is 12.7 Å². The van der Waals surface area contributed by atoms with E-state index in [9.17, 15) is 13.2 Å². The van der Waals surface area contributed by atoms with Gasteiger partial charge in [0.25, 0.3) is 0 Å². The highest BCUT2D eigenvalue weighted by molar-refractivity contribution is 5.93. The lowest BCUT2D eigenvalue weighted by Crippen LogP contribution is -2.38. The number of anilines is 1. The number of rotatable bonds is 5. The number of pyridine rings is 1. The van der Waals surface area contributed by atoms with E-state index in [1.165, 1.54) is 13.3 Å². The molecule has 0 atom stereocenters. The normalized spacial score (nSPS) is 11.7. The van der Waals surface area contributed by atoms with Gasteiger partial charge in [0.05, 0.1) is 7.11 Å². The van der Waals surface area contributed by atoms with Crippen LogP contribution in [0.3, 0.4) is 0 Å². The molecule has 0 unspecified atom stereocenters. The lowest BCUT2D eigenvalue weighted by Gasteiger charge is -2.25. The van der Waals surface area contributed by atoms with Crippen molar-refractivity contribution in [3.63, 3.8) is 0 Å². The molecular weight excluding hydrogens is 283 g/mol. The molecule has 0 amide bonds. The number of benzene rings is 1. The van der Waals surface area contributed by atoms with Crippen LogP contribution in [0.25, 0.3) is 10.8 Å². The number of hydrogen-bond donors (Lipinski definition) is 1. The number of aromatic nitrogens is 1. The smallest absolute Gasteiger partial charge is 0.405 e. The molecule has 0 saturated heterocycles. The number of alkyl halides is 3. The zero-order valence-corrected chi connectivity index (χ0v) is 11.5. The maximum atomic E-state index is 12.7. The van der Waals surface area contributed by atoms with Crippen molar-refractivity contribution in [2.75, 3.05) is 31.6 Å². The average Bonchev–Trinajstić information content (AvgIpc) is 2.44. The Morgan fingerprint density at radius 1 is 1.29 bits per heavy atom. The monoisotopic (exact) mass is 299 g/mol. The Bertz CT molecular complexity index is 616. The molecule has 1 heterocycles. The first-order valence-electron chi connectivity index (χ1n) is 6.39. The molecule has 7 heteroatoms. The van der Waals surface area contributed by atoms with Crippen molar-refractivity contribution in [2.24, 2.45) is 5.73 Å². The standard InChI is InChI=1S/C14H16F3N3O/c1-21-11-3-2-10-4-6-19-13(12(10)8-11)20(7-5-18)9-14(15,16)17/h2-4,6,8H,5,7,9,18H2,1H3. The van der Waals surface area contributed by atoms with E-state index in [4.69, 9.17) is 10.5 Å². The van der Waals surface area contributed by atoms with Gasteiger partial charge in [0, 0.05) is 24.7 Å². The maximum Gasteiger partial charge on any atom is 0.405 e. The predicted molar refractivity (Wildman–Crippen MR) is 75.6 cm³/mol. The highest BCUT2D eigenvalue weighted by Crippen LogP contribution is 2.29. The fourth-order valence-electron chi connectivity index (χ4n) is 2.14. The minimum absolute atomic E-state index is 0.0723. The highest BCUT2D eigenvalue weighted by Gasteiger charge is 2.31. The molecule has 0 saturated carbocycles. The average molecular weight is 299 g/mol. The summed E-state index contributed by atoms with van der Waals surface area (Å²) in [5.74, 6) is 0.825. The van der Waals surface area contributed by atoms with Gasteiger partial charge in [-0.1, -0.05) is 6.07 Å². The van der Waals surface area contributed by atoms with E-state index in [1.54, 1.807) is 24.3 Å². The molecule has 0 aliphatic carbocycles. The second-order valence-electron chi connectivity index (χ2n) is 4.55. The van der Waals surface area contributed by atoms with Crippen LogP contribution in [0.4, 0.5) is 19.0 Å². The minimum Gasteiger partial charge on any atom is -0.497 e. The number of ether oxygens (including phenoxy) is 1. The topological polar surface area (TPSA) is 51.4 Å². The van der Waals surface area contributed by atoms with E-state index in [2.05, 4.69) is 4.98 Å². The summed E-state index contributed by atoms with van der Waals surface area (Å²) < 4.78 is 43.3. The van der Waals surface area contributed by atoms with E-state index in [0.29, 0.717) is 11.1 Å². The van der Waals surface area contributed by atoms with Gasteiger partial charge in [0.1, 0.15) is 18.1 Å². The van der Waals surface area contributed by atoms with Gasteiger partial charge in [-0.2, -0.15) is 13.2 Å². The fourth-order valence-corrected chi connectivity index (χ4v) is 2.14. The largest absolute Gasteiger partial charge is 0.497 e. The summed E-state index contributed by atoms with van der Waals surface area (Å²) in [6.07, 6.45) is -2.83. The Labute approximate surface area is 120 Å². The number of nitrogens with zero attached hydrogens (tertiary/aromatic N) is 2. The number of nitrogens with two attached hydrogens (primary N) is 1. The van der Waals surface area contributed by atoms with Crippen LogP contribution in [0.1, 0.15) is 0 Å². The first-order valence-corrected chi connectivity index (χ1v) is 6.39. The number of methoxy groups -OCH3 is 1. The van der Waals surface area contributed by atoms with Crippen LogP contribution < -0.4 is 15.4 Å². The third-order valence-corrected chi connectivity index (χ3v) is 3.02. The van der Waals surface area contributed by atoms with Crippen LogP contribution in [-0.2, 0) is 0 Å². The van der Waals surface area contributed by atoms with Gasteiger partial charge < -0.3 is 15.4 Å². The lowest BCUT2D eigenvalue weighted by molar-refractivity contribution is -0.119. The molecule has 0 aliphatic rings. The Kier molecular flexibility index (Phi) is 4.52. The molecule has 1 aromatic carbocycles. The second kappa shape index (κ2) is 6.17. The van der Waals surface area contributed by atoms with Crippen LogP contribution in [0.2, 0.25) is 0 Å². The first kappa shape index (κ1) is 15.4. The molecule has 2 rings (SSSR count). The van der Waals surface area contributed by atoms with Crippen molar-refractivity contribution in [1.82, 2.24) is 4.98 Å². The van der Waals surface area contributed by atoms with Crippen molar-refractivity contribution in [1.29, 1.82) is 0 Å². The molecule has 21 heavy (non-hydrogen) atoms. The molecule has 114 valence electrons. The van der Waals surface area contributed by atoms with E-state index >= 15 is 0 Å². The number of halogens is 3. The zero-order chi connectivity index (χ0) is 15.5. The van der Waals surface area contributed by atoms with Crippen LogP contribution >= 0.6 is 0 Å². The van der Waals surface area contributed by atoms with Crippen molar-refractivity contribution < 1.29 is 17.9 Å². The van der Waals surface area contributed by atoms with Crippen molar-refractivity contribution >= 4 is 16.6 Å². The summed E-state index contributed by atoms with van der Waals surface area (Å²) >= 11 is 0. The first-order chi connectivity index (χ1) is 9.94. The number of fused-ring (bicyclic) bond motifs is 1. The molecule has 0 spiro atoms. The third-order valence-electron chi connectivity index (χ3n) is 3.02. The van der Waals surface area contributed by atoms with Gasteiger partial charge >= 0.3 is 6.18 Å². The Morgan fingerprint density at radius 2 is 2.05 bits per heavy atom. The minimum atomic E-state index is -4.32. The molecule has 0 bridgehead atoms. The molecule has 0 aliphatic heterocycles. The zero-order valence-electron chi connectivity index (χ0n) is 11.5. The SMILES string of the molecule is COc1ccc2ccnc(N(CCN)CC(F)(F)F)c2c1. The summed E-state index contributed by atoms with van der Waals surface area (Å²) in [7, 11) is 1.50. The van der Waals surface area contributed by atoms with E-state index in [-0.39, 0.29) is 18.9 Å². The molecule has 2 aromatic rings. The summed E-state index contributed by atoms with van der Waals surface area (Å²) in [6, 6.07) is 6.96.